The zero-order valence-electron chi connectivity index (χ0n) is 23.8. The van der Waals surface area contributed by atoms with E-state index in [1.165, 1.54) is 12.0 Å². The summed E-state index contributed by atoms with van der Waals surface area (Å²) in [6.07, 6.45) is 0.703. The SMILES string of the molecule is CCCOC(=O)c1ccc(N2C(=O)C(=O)/C(=C(/O)c3cc(C(C)(C)C)ccc3OC)C2c2cccc(C)c2)cc1. The molecule has 0 aliphatic carbocycles. The van der Waals surface area contributed by atoms with Gasteiger partial charge in [-0.1, -0.05) is 63.6 Å². The minimum atomic E-state index is -0.902. The van der Waals surface area contributed by atoms with E-state index in [1.807, 2.05) is 65.0 Å². The van der Waals surface area contributed by atoms with Crippen molar-refractivity contribution >= 4 is 29.1 Å². The van der Waals surface area contributed by atoms with Gasteiger partial charge in [-0.25, -0.2) is 4.79 Å². The predicted octanol–water partition coefficient (Wildman–Crippen LogP) is 6.49. The minimum Gasteiger partial charge on any atom is -0.507 e. The van der Waals surface area contributed by atoms with Gasteiger partial charge in [0.1, 0.15) is 11.5 Å². The van der Waals surface area contributed by atoms with Crippen LogP contribution < -0.4 is 9.64 Å². The topological polar surface area (TPSA) is 93.1 Å². The Kier molecular flexibility index (Phi) is 8.14. The Labute approximate surface area is 235 Å². The maximum Gasteiger partial charge on any atom is 0.338 e. The summed E-state index contributed by atoms with van der Waals surface area (Å²) in [6, 6.07) is 18.4. The fourth-order valence-electron chi connectivity index (χ4n) is 4.80. The van der Waals surface area contributed by atoms with Crippen molar-refractivity contribution in [1.82, 2.24) is 0 Å². The van der Waals surface area contributed by atoms with Crippen molar-refractivity contribution < 1.29 is 29.0 Å². The summed E-state index contributed by atoms with van der Waals surface area (Å²) in [7, 11) is 1.49. The molecule has 208 valence electrons. The van der Waals surface area contributed by atoms with Crippen molar-refractivity contribution in [3.63, 3.8) is 0 Å². The van der Waals surface area contributed by atoms with Gasteiger partial charge in [0.25, 0.3) is 11.7 Å². The van der Waals surface area contributed by atoms with E-state index in [4.69, 9.17) is 9.47 Å². The van der Waals surface area contributed by atoms with Gasteiger partial charge in [0.05, 0.1) is 36.5 Å². The summed E-state index contributed by atoms with van der Waals surface area (Å²) in [4.78, 5) is 40.9. The molecule has 0 aromatic heterocycles. The summed E-state index contributed by atoms with van der Waals surface area (Å²) < 4.78 is 10.8. The normalized spacial score (nSPS) is 16.8. The van der Waals surface area contributed by atoms with Gasteiger partial charge in [0.2, 0.25) is 0 Å². The summed E-state index contributed by atoms with van der Waals surface area (Å²) in [5.74, 6) is -1.97. The Morgan fingerprint density at radius 3 is 2.30 bits per heavy atom. The second-order valence-electron chi connectivity index (χ2n) is 10.9. The van der Waals surface area contributed by atoms with E-state index < -0.39 is 23.7 Å². The van der Waals surface area contributed by atoms with Crippen molar-refractivity contribution in [3.05, 3.63) is 100 Å². The van der Waals surface area contributed by atoms with E-state index in [0.29, 0.717) is 41.2 Å². The van der Waals surface area contributed by atoms with Gasteiger partial charge in [-0.15, -0.1) is 0 Å². The Morgan fingerprint density at radius 2 is 1.70 bits per heavy atom. The smallest absolute Gasteiger partial charge is 0.338 e. The average Bonchev–Trinajstić information content (AvgIpc) is 3.20. The average molecular weight is 542 g/mol. The van der Waals surface area contributed by atoms with Crippen LogP contribution in [0.2, 0.25) is 0 Å². The van der Waals surface area contributed by atoms with Gasteiger partial charge in [0, 0.05) is 5.69 Å². The number of Topliss-reactive ketones (excluding diaryl/α,β-unsaturated/α-hetero) is 1. The van der Waals surface area contributed by atoms with Crippen molar-refractivity contribution in [1.29, 1.82) is 0 Å². The number of esters is 1. The lowest BCUT2D eigenvalue weighted by molar-refractivity contribution is -0.132. The number of anilines is 1. The van der Waals surface area contributed by atoms with Crippen LogP contribution in [0.15, 0.2) is 72.3 Å². The number of methoxy groups -OCH3 is 1. The molecule has 0 bridgehead atoms. The predicted molar refractivity (Wildman–Crippen MR) is 155 cm³/mol. The van der Waals surface area contributed by atoms with E-state index in [1.54, 1.807) is 36.4 Å². The zero-order chi connectivity index (χ0) is 29.2. The van der Waals surface area contributed by atoms with E-state index in [-0.39, 0.29) is 16.7 Å². The Morgan fingerprint density at radius 1 is 1.00 bits per heavy atom. The number of hydrogen-bond acceptors (Lipinski definition) is 6. The molecule has 1 amide bonds. The van der Waals surface area contributed by atoms with Crippen LogP contribution >= 0.6 is 0 Å². The number of benzene rings is 3. The third-order valence-electron chi connectivity index (χ3n) is 6.94. The number of carbonyl (C=O) groups excluding carboxylic acids is 3. The molecule has 7 heteroatoms. The van der Waals surface area contributed by atoms with Gasteiger partial charge in [0.15, 0.2) is 0 Å². The zero-order valence-corrected chi connectivity index (χ0v) is 23.8. The lowest BCUT2D eigenvalue weighted by Crippen LogP contribution is -2.29. The number of amides is 1. The molecule has 7 nitrogen and oxygen atoms in total. The number of ketones is 1. The highest BCUT2D eigenvalue weighted by Crippen LogP contribution is 2.44. The Hall–Kier alpha value is -4.39. The Balaban J connectivity index is 1.90. The summed E-state index contributed by atoms with van der Waals surface area (Å²) >= 11 is 0. The van der Waals surface area contributed by atoms with Crippen LogP contribution in [0.3, 0.4) is 0 Å². The first-order valence-electron chi connectivity index (χ1n) is 13.3. The molecule has 1 N–H and O–H groups in total. The number of aliphatic hydroxyl groups is 1. The molecule has 1 atom stereocenters. The third kappa shape index (κ3) is 5.50. The van der Waals surface area contributed by atoms with Crippen molar-refractivity contribution in [3.8, 4) is 5.75 Å². The molecule has 1 heterocycles. The van der Waals surface area contributed by atoms with Crippen molar-refractivity contribution in [2.24, 2.45) is 0 Å². The van der Waals surface area contributed by atoms with Gasteiger partial charge in [-0.3, -0.25) is 14.5 Å². The number of aryl methyl sites for hydroxylation is 1. The van der Waals surface area contributed by atoms with Crippen molar-refractivity contribution in [2.45, 2.75) is 52.5 Å². The molecule has 4 rings (SSSR count). The van der Waals surface area contributed by atoms with Crippen LogP contribution in [0.4, 0.5) is 5.69 Å². The third-order valence-corrected chi connectivity index (χ3v) is 6.94. The minimum absolute atomic E-state index is 0.0357. The highest BCUT2D eigenvalue weighted by Gasteiger charge is 2.47. The molecule has 3 aromatic carbocycles. The van der Waals surface area contributed by atoms with Gasteiger partial charge < -0.3 is 14.6 Å². The number of nitrogens with zero attached hydrogens (tertiary/aromatic N) is 1. The largest absolute Gasteiger partial charge is 0.507 e. The quantitative estimate of drug-likeness (QED) is 0.159. The van der Waals surface area contributed by atoms with Crippen LogP contribution in [-0.2, 0) is 19.7 Å². The monoisotopic (exact) mass is 541 g/mol. The highest BCUT2D eigenvalue weighted by atomic mass is 16.5. The van der Waals surface area contributed by atoms with Crippen LogP contribution in [0.25, 0.3) is 5.76 Å². The number of rotatable bonds is 7. The number of aliphatic hydroxyl groups excluding tert-OH is 1. The molecule has 0 saturated carbocycles. The van der Waals surface area contributed by atoms with E-state index >= 15 is 0 Å². The maximum absolute atomic E-state index is 13.6. The first-order valence-corrected chi connectivity index (χ1v) is 13.3. The number of carbonyl (C=O) groups is 3. The first-order chi connectivity index (χ1) is 19.0. The molecule has 1 aliphatic heterocycles. The fraction of sp³-hybridized carbons (Fsp3) is 0.303. The van der Waals surface area contributed by atoms with Crippen LogP contribution in [-0.4, -0.2) is 36.5 Å². The number of hydrogen-bond donors (Lipinski definition) is 1. The van der Waals surface area contributed by atoms with Gasteiger partial charge in [-0.2, -0.15) is 0 Å². The van der Waals surface area contributed by atoms with Gasteiger partial charge in [-0.05, 0) is 66.3 Å². The van der Waals surface area contributed by atoms with E-state index in [9.17, 15) is 19.5 Å². The molecule has 1 aliphatic rings. The van der Waals surface area contributed by atoms with E-state index in [0.717, 1.165) is 11.1 Å². The van der Waals surface area contributed by atoms with Crippen LogP contribution in [0.1, 0.15) is 72.8 Å². The lowest BCUT2D eigenvalue weighted by Gasteiger charge is -2.26. The lowest BCUT2D eigenvalue weighted by atomic mass is 9.85. The Bertz CT molecular complexity index is 1480. The summed E-state index contributed by atoms with van der Waals surface area (Å²) in [5, 5.41) is 11.7. The highest BCUT2D eigenvalue weighted by molar-refractivity contribution is 6.51. The summed E-state index contributed by atoms with van der Waals surface area (Å²) in [6.45, 7) is 10.3. The molecule has 1 saturated heterocycles. The molecule has 0 radical (unpaired) electrons. The van der Waals surface area contributed by atoms with Gasteiger partial charge >= 0.3 is 5.97 Å². The molecular formula is C33H35NO6. The van der Waals surface area contributed by atoms with Crippen molar-refractivity contribution in [2.75, 3.05) is 18.6 Å². The standard InChI is InChI=1S/C33H35NO6/c1-7-17-40-32(38)21-11-14-24(15-12-21)34-28(22-10-8-9-20(2)18-22)27(30(36)31(34)37)29(35)25-19-23(33(3,4)5)13-16-26(25)39-6/h8-16,18-19,28,35H,7,17H2,1-6H3/b29-27+. The molecule has 0 spiro atoms. The van der Waals surface area contributed by atoms with E-state index in [2.05, 4.69) is 0 Å². The molecule has 40 heavy (non-hydrogen) atoms. The fourth-order valence-corrected chi connectivity index (χ4v) is 4.80. The van der Waals surface area contributed by atoms with Crippen LogP contribution in [0, 0.1) is 6.92 Å². The second-order valence-corrected chi connectivity index (χ2v) is 10.9. The molecule has 1 unspecified atom stereocenters. The first kappa shape index (κ1) is 28.6. The maximum atomic E-state index is 13.6. The molecular weight excluding hydrogens is 506 g/mol. The summed E-state index contributed by atoms with van der Waals surface area (Å²) in [5.41, 5.74) is 3.35. The molecule has 1 fully saturated rings. The second kappa shape index (κ2) is 11.4. The number of ether oxygens (including phenoxy) is 2. The van der Waals surface area contributed by atoms with Crippen LogP contribution in [0.5, 0.6) is 5.75 Å². The molecule has 3 aromatic rings.